The summed E-state index contributed by atoms with van der Waals surface area (Å²) in [7, 11) is 1.79. The quantitative estimate of drug-likeness (QED) is 0.570. The van der Waals surface area contributed by atoms with Crippen molar-refractivity contribution in [1.82, 2.24) is 24.7 Å². The maximum absolute atomic E-state index is 12.8. The number of amides is 1. The van der Waals surface area contributed by atoms with Crippen LogP contribution in [0.3, 0.4) is 0 Å². The Morgan fingerprint density at radius 2 is 1.89 bits per heavy atom. The van der Waals surface area contributed by atoms with Crippen LogP contribution in [0.15, 0.2) is 67.1 Å². The van der Waals surface area contributed by atoms with E-state index in [1.54, 1.807) is 48.5 Å². The lowest BCUT2D eigenvalue weighted by atomic mass is 10.1. The average molecular weight is 371 g/mol. The number of nitrogens with one attached hydrogen (secondary N) is 1. The van der Waals surface area contributed by atoms with Gasteiger partial charge in [0.05, 0.1) is 17.1 Å². The van der Waals surface area contributed by atoms with Crippen LogP contribution in [0.5, 0.6) is 0 Å². The number of pyridine rings is 3. The van der Waals surface area contributed by atoms with Crippen LogP contribution in [0, 0.1) is 0 Å². The topological polar surface area (TPSA) is 112 Å². The summed E-state index contributed by atoms with van der Waals surface area (Å²) in [6.45, 7) is 0. The first-order valence-corrected chi connectivity index (χ1v) is 8.55. The van der Waals surface area contributed by atoms with Crippen molar-refractivity contribution in [3.63, 3.8) is 0 Å². The lowest BCUT2D eigenvalue weighted by Crippen LogP contribution is -2.14. The highest BCUT2D eigenvalue weighted by atomic mass is 16.1. The van der Waals surface area contributed by atoms with Gasteiger partial charge in [-0.05, 0) is 36.4 Å². The molecule has 0 bridgehead atoms. The third kappa shape index (κ3) is 3.56. The van der Waals surface area contributed by atoms with E-state index in [1.807, 2.05) is 30.3 Å². The van der Waals surface area contributed by atoms with Gasteiger partial charge in [-0.2, -0.15) is 5.10 Å². The zero-order valence-corrected chi connectivity index (χ0v) is 15.1. The maximum atomic E-state index is 12.8. The number of carbonyl (C=O) groups is 1. The molecule has 8 nitrogen and oxygen atoms in total. The normalized spacial score (nSPS) is 10.6. The van der Waals surface area contributed by atoms with E-state index in [0.717, 1.165) is 5.56 Å². The fraction of sp³-hybridized carbons (Fsp3) is 0.0500. The van der Waals surface area contributed by atoms with Crippen molar-refractivity contribution in [2.24, 2.45) is 7.05 Å². The van der Waals surface area contributed by atoms with Crippen LogP contribution >= 0.6 is 0 Å². The second-order valence-electron chi connectivity index (χ2n) is 6.11. The van der Waals surface area contributed by atoms with Crippen LogP contribution < -0.4 is 11.1 Å². The molecule has 0 aliphatic carbocycles. The zero-order valence-electron chi connectivity index (χ0n) is 15.1. The highest BCUT2D eigenvalue weighted by molar-refractivity contribution is 6.04. The average Bonchev–Trinajstić information content (AvgIpc) is 3.09. The number of carbonyl (C=O) groups excluding carboxylic acids is 1. The van der Waals surface area contributed by atoms with Gasteiger partial charge in [-0.25, -0.2) is 9.97 Å². The minimum atomic E-state index is -0.338. The van der Waals surface area contributed by atoms with Crippen LogP contribution in [-0.2, 0) is 7.05 Å². The largest absolute Gasteiger partial charge is 0.384 e. The molecule has 28 heavy (non-hydrogen) atoms. The van der Waals surface area contributed by atoms with Crippen molar-refractivity contribution in [3.05, 3.63) is 72.8 Å². The fourth-order valence-electron chi connectivity index (χ4n) is 2.74. The SMILES string of the molecule is Cn1cc(NC(=O)c2cccc(-c3ccc(N)nc3)n2)c(-c2ccccn2)n1. The van der Waals surface area contributed by atoms with E-state index >= 15 is 0 Å². The number of aromatic nitrogens is 5. The first-order valence-electron chi connectivity index (χ1n) is 8.55. The highest BCUT2D eigenvalue weighted by Gasteiger charge is 2.16. The third-order valence-corrected chi connectivity index (χ3v) is 4.05. The minimum Gasteiger partial charge on any atom is -0.384 e. The van der Waals surface area contributed by atoms with E-state index < -0.39 is 0 Å². The summed E-state index contributed by atoms with van der Waals surface area (Å²) in [6, 6.07) is 14.3. The Kier molecular flexibility index (Phi) is 4.51. The van der Waals surface area contributed by atoms with Gasteiger partial charge in [0.1, 0.15) is 17.2 Å². The van der Waals surface area contributed by atoms with Crippen LogP contribution in [0.1, 0.15) is 10.5 Å². The molecular formula is C20H17N7O. The van der Waals surface area contributed by atoms with Gasteiger partial charge >= 0.3 is 0 Å². The molecular weight excluding hydrogens is 354 g/mol. The first kappa shape index (κ1) is 17.3. The molecule has 0 aliphatic heterocycles. The van der Waals surface area contributed by atoms with Crippen molar-refractivity contribution in [3.8, 4) is 22.6 Å². The molecule has 4 aromatic heterocycles. The number of hydrogen-bond donors (Lipinski definition) is 2. The van der Waals surface area contributed by atoms with Gasteiger partial charge in [0, 0.05) is 31.2 Å². The van der Waals surface area contributed by atoms with Gasteiger partial charge < -0.3 is 11.1 Å². The Balaban J connectivity index is 1.62. The molecule has 8 heteroatoms. The molecule has 4 aromatic rings. The Morgan fingerprint density at radius 1 is 1.04 bits per heavy atom. The van der Waals surface area contributed by atoms with Gasteiger partial charge in [0.2, 0.25) is 0 Å². The summed E-state index contributed by atoms with van der Waals surface area (Å²) in [5.41, 5.74) is 9.15. The molecule has 0 aromatic carbocycles. The summed E-state index contributed by atoms with van der Waals surface area (Å²) < 4.78 is 1.63. The van der Waals surface area contributed by atoms with E-state index in [1.165, 1.54) is 0 Å². The molecule has 1 amide bonds. The number of nitrogen functional groups attached to an aromatic ring is 1. The fourth-order valence-corrected chi connectivity index (χ4v) is 2.74. The summed E-state index contributed by atoms with van der Waals surface area (Å²) in [4.78, 5) is 25.6. The van der Waals surface area contributed by atoms with Crippen molar-refractivity contribution in [2.75, 3.05) is 11.1 Å². The predicted molar refractivity (Wildman–Crippen MR) is 106 cm³/mol. The predicted octanol–water partition coefficient (Wildman–Crippen LogP) is 2.77. The number of nitrogens with zero attached hydrogens (tertiary/aromatic N) is 5. The number of anilines is 2. The smallest absolute Gasteiger partial charge is 0.274 e. The highest BCUT2D eigenvalue weighted by Crippen LogP contribution is 2.25. The van der Waals surface area contributed by atoms with Gasteiger partial charge in [0.15, 0.2) is 0 Å². The molecule has 4 heterocycles. The van der Waals surface area contributed by atoms with Crippen LogP contribution in [0.2, 0.25) is 0 Å². The van der Waals surface area contributed by atoms with Crippen molar-refractivity contribution in [1.29, 1.82) is 0 Å². The molecule has 0 aliphatic rings. The Hall–Kier alpha value is -4.07. The van der Waals surface area contributed by atoms with E-state index in [0.29, 0.717) is 28.6 Å². The lowest BCUT2D eigenvalue weighted by molar-refractivity contribution is 0.102. The first-order chi connectivity index (χ1) is 13.6. The standard InChI is InChI=1S/C20H17N7O/c1-27-12-17(19(26-27)15-5-2-3-10-22-15)25-20(28)16-7-4-6-14(24-16)13-8-9-18(21)23-11-13/h2-12H,1H3,(H2,21,23)(H,25,28). The monoisotopic (exact) mass is 371 g/mol. The molecule has 0 saturated heterocycles. The minimum absolute atomic E-state index is 0.283. The third-order valence-electron chi connectivity index (χ3n) is 4.05. The maximum Gasteiger partial charge on any atom is 0.274 e. The summed E-state index contributed by atoms with van der Waals surface area (Å²) in [6.07, 6.45) is 5.04. The van der Waals surface area contributed by atoms with Crippen LogP contribution in [-0.4, -0.2) is 30.6 Å². The van der Waals surface area contributed by atoms with Gasteiger partial charge in [-0.15, -0.1) is 0 Å². The van der Waals surface area contributed by atoms with E-state index in [2.05, 4.69) is 25.4 Å². The summed E-state index contributed by atoms with van der Waals surface area (Å²) in [5, 5.41) is 7.27. The number of hydrogen-bond acceptors (Lipinski definition) is 6. The zero-order chi connectivity index (χ0) is 19.5. The Bertz CT molecular complexity index is 1120. The number of aryl methyl sites for hydroxylation is 1. The van der Waals surface area contributed by atoms with Gasteiger partial charge in [-0.1, -0.05) is 12.1 Å². The Morgan fingerprint density at radius 3 is 2.64 bits per heavy atom. The Labute approximate surface area is 161 Å². The van der Waals surface area contributed by atoms with E-state index in [-0.39, 0.29) is 11.6 Å². The lowest BCUT2D eigenvalue weighted by Gasteiger charge is -2.07. The van der Waals surface area contributed by atoms with Crippen molar-refractivity contribution in [2.45, 2.75) is 0 Å². The summed E-state index contributed by atoms with van der Waals surface area (Å²) >= 11 is 0. The molecule has 0 radical (unpaired) electrons. The van der Waals surface area contributed by atoms with Crippen LogP contribution in [0.25, 0.3) is 22.6 Å². The molecule has 0 saturated carbocycles. The molecule has 138 valence electrons. The molecule has 0 spiro atoms. The van der Waals surface area contributed by atoms with Gasteiger partial charge in [-0.3, -0.25) is 14.5 Å². The van der Waals surface area contributed by atoms with Crippen molar-refractivity contribution < 1.29 is 4.79 Å². The number of rotatable bonds is 4. The molecule has 3 N–H and O–H groups in total. The summed E-state index contributed by atoms with van der Waals surface area (Å²) in [5.74, 6) is 0.0895. The second kappa shape index (κ2) is 7.28. The molecule has 0 fully saturated rings. The van der Waals surface area contributed by atoms with Gasteiger partial charge in [0.25, 0.3) is 5.91 Å². The van der Waals surface area contributed by atoms with Crippen molar-refractivity contribution >= 4 is 17.4 Å². The molecule has 4 rings (SSSR count). The van der Waals surface area contributed by atoms with E-state index in [9.17, 15) is 4.79 Å². The molecule has 0 unspecified atom stereocenters. The van der Waals surface area contributed by atoms with Crippen LogP contribution in [0.4, 0.5) is 11.5 Å². The second-order valence-corrected chi connectivity index (χ2v) is 6.11. The molecule has 0 atom stereocenters. The van der Waals surface area contributed by atoms with E-state index in [4.69, 9.17) is 5.73 Å². The number of nitrogens with two attached hydrogens (primary N) is 1.